The van der Waals surface area contributed by atoms with Gasteiger partial charge in [-0.1, -0.05) is 12.1 Å². The van der Waals surface area contributed by atoms with Crippen molar-refractivity contribution in [3.05, 3.63) is 35.5 Å². The van der Waals surface area contributed by atoms with Crippen LogP contribution in [0.4, 0.5) is 0 Å². The van der Waals surface area contributed by atoms with E-state index < -0.39 is 30.8 Å². The maximum Gasteiger partial charge on any atom is 0.276 e. The van der Waals surface area contributed by atoms with Gasteiger partial charge < -0.3 is 25.2 Å². The molecule has 140 valence electrons. The third-order valence-corrected chi connectivity index (χ3v) is 3.44. The summed E-state index contributed by atoms with van der Waals surface area (Å²) in [5.41, 5.74) is 3.31. The summed E-state index contributed by atoms with van der Waals surface area (Å²) >= 11 is 0. The average molecular weight is 364 g/mol. The summed E-state index contributed by atoms with van der Waals surface area (Å²) in [6, 6.07) is 7.03. The first-order chi connectivity index (χ1) is 12.4. The van der Waals surface area contributed by atoms with Gasteiger partial charge in [-0.05, 0) is 23.8 Å². The Balaban J connectivity index is 1.98. The van der Waals surface area contributed by atoms with Crippen LogP contribution >= 0.6 is 0 Å². The van der Waals surface area contributed by atoms with Crippen molar-refractivity contribution in [1.82, 2.24) is 10.7 Å². The molecule has 0 saturated heterocycles. The van der Waals surface area contributed by atoms with Gasteiger partial charge in [0.25, 0.3) is 5.91 Å². The molecule has 0 fully saturated rings. The first-order valence-corrected chi connectivity index (χ1v) is 7.64. The SMILES string of the molecule is COc1ccc(/C=C2\N=C(N/N=C/C(O)C(O)C(O)CO)NC2=O)cc1. The number of carbonyl (C=O) groups is 1. The molecule has 1 aromatic carbocycles. The molecule has 0 aromatic heterocycles. The van der Waals surface area contributed by atoms with Gasteiger partial charge in [0.2, 0.25) is 5.96 Å². The molecule has 0 radical (unpaired) electrons. The molecule has 10 heteroatoms. The minimum absolute atomic E-state index is 0.0374. The third kappa shape index (κ3) is 5.10. The number of carbonyl (C=O) groups excluding carboxylic acids is 1. The molecule has 0 bridgehead atoms. The van der Waals surface area contributed by atoms with Crippen LogP contribution in [0.5, 0.6) is 5.75 Å². The van der Waals surface area contributed by atoms with Crippen LogP contribution in [0.25, 0.3) is 6.08 Å². The lowest BCUT2D eigenvalue weighted by Crippen LogP contribution is -2.41. The molecule has 1 aromatic rings. The number of aliphatic hydroxyl groups is 4. The number of aliphatic hydroxyl groups excluding tert-OH is 4. The number of nitrogens with one attached hydrogen (secondary N) is 2. The van der Waals surface area contributed by atoms with E-state index in [2.05, 4.69) is 20.8 Å². The van der Waals surface area contributed by atoms with Gasteiger partial charge in [-0.15, -0.1) is 0 Å². The summed E-state index contributed by atoms with van der Waals surface area (Å²) in [5, 5.41) is 43.0. The van der Waals surface area contributed by atoms with Crippen LogP contribution in [-0.4, -0.2) is 70.5 Å². The second kappa shape index (κ2) is 9.06. The first kappa shape index (κ1) is 19.5. The van der Waals surface area contributed by atoms with Crippen molar-refractivity contribution < 1.29 is 30.0 Å². The molecule has 2 rings (SSSR count). The summed E-state index contributed by atoms with van der Waals surface area (Å²) in [6.07, 6.45) is -2.14. The summed E-state index contributed by atoms with van der Waals surface area (Å²) in [4.78, 5) is 15.9. The molecule has 3 atom stereocenters. The Hall–Kier alpha value is -2.79. The number of amides is 1. The second-order valence-corrected chi connectivity index (χ2v) is 5.34. The molecule has 10 nitrogen and oxygen atoms in total. The van der Waals surface area contributed by atoms with Crippen LogP contribution in [0, 0.1) is 0 Å². The molecular weight excluding hydrogens is 344 g/mol. The lowest BCUT2D eigenvalue weighted by molar-refractivity contribution is -0.115. The van der Waals surface area contributed by atoms with Crippen LogP contribution in [0.1, 0.15) is 5.56 Å². The van der Waals surface area contributed by atoms with Gasteiger partial charge in [-0.25, -0.2) is 10.4 Å². The normalized spacial score (nSPS) is 19.2. The Morgan fingerprint density at radius 3 is 2.62 bits per heavy atom. The molecule has 3 unspecified atom stereocenters. The molecule has 0 aliphatic carbocycles. The standard InChI is InChI=1S/C16H20N4O6/c1-26-10-4-2-9(3-5-10)6-11-15(25)19-16(18-11)20-17-7-12(22)14(24)13(23)8-21/h2-7,12-14,21-24H,8H2,1H3,(H2,18,19,20,25)/b11-6-,17-7+. The Labute approximate surface area is 149 Å². The van der Waals surface area contributed by atoms with Crippen molar-refractivity contribution in [1.29, 1.82) is 0 Å². The van der Waals surface area contributed by atoms with Crippen LogP contribution < -0.4 is 15.5 Å². The zero-order valence-corrected chi connectivity index (χ0v) is 13.9. The number of hydrazone groups is 1. The van der Waals surface area contributed by atoms with E-state index in [1.54, 1.807) is 37.5 Å². The summed E-state index contributed by atoms with van der Waals surface area (Å²) < 4.78 is 5.06. The monoisotopic (exact) mass is 364 g/mol. The van der Waals surface area contributed by atoms with Crippen molar-refractivity contribution in [2.24, 2.45) is 10.1 Å². The number of guanidine groups is 1. The molecule has 1 heterocycles. The number of hydrogen-bond donors (Lipinski definition) is 6. The van der Waals surface area contributed by atoms with E-state index in [0.29, 0.717) is 5.75 Å². The zero-order valence-electron chi connectivity index (χ0n) is 13.9. The fourth-order valence-corrected chi connectivity index (χ4v) is 1.98. The fraction of sp³-hybridized carbons (Fsp3) is 0.312. The topological polar surface area (TPSA) is 156 Å². The Bertz CT molecular complexity index is 716. The van der Waals surface area contributed by atoms with E-state index in [0.717, 1.165) is 11.8 Å². The van der Waals surface area contributed by atoms with Crippen molar-refractivity contribution in [3.63, 3.8) is 0 Å². The van der Waals surface area contributed by atoms with Gasteiger partial charge in [-0.2, -0.15) is 5.10 Å². The van der Waals surface area contributed by atoms with E-state index in [9.17, 15) is 20.1 Å². The quantitative estimate of drug-likeness (QED) is 0.189. The first-order valence-electron chi connectivity index (χ1n) is 7.64. The molecule has 1 amide bonds. The van der Waals surface area contributed by atoms with Gasteiger partial charge in [0, 0.05) is 0 Å². The predicted molar refractivity (Wildman–Crippen MR) is 93.3 cm³/mol. The molecule has 1 aliphatic heterocycles. The zero-order chi connectivity index (χ0) is 19.1. The van der Waals surface area contributed by atoms with Gasteiger partial charge >= 0.3 is 0 Å². The van der Waals surface area contributed by atoms with E-state index >= 15 is 0 Å². The predicted octanol–water partition coefficient (Wildman–Crippen LogP) is -1.83. The summed E-state index contributed by atoms with van der Waals surface area (Å²) in [5.74, 6) is 0.292. The van der Waals surface area contributed by atoms with Gasteiger partial charge in [0.15, 0.2) is 0 Å². The number of methoxy groups -OCH3 is 1. The molecular formula is C16H20N4O6. The van der Waals surface area contributed by atoms with Crippen LogP contribution in [0.15, 0.2) is 40.1 Å². The van der Waals surface area contributed by atoms with Crippen LogP contribution in [0.3, 0.4) is 0 Å². The second-order valence-electron chi connectivity index (χ2n) is 5.34. The summed E-state index contributed by atoms with van der Waals surface area (Å²) in [6.45, 7) is -0.707. The van der Waals surface area contributed by atoms with E-state index in [1.165, 1.54) is 0 Å². The molecule has 6 N–H and O–H groups in total. The van der Waals surface area contributed by atoms with Crippen molar-refractivity contribution in [2.75, 3.05) is 13.7 Å². The van der Waals surface area contributed by atoms with E-state index in [4.69, 9.17) is 9.84 Å². The maximum absolute atomic E-state index is 11.9. The summed E-state index contributed by atoms with van der Waals surface area (Å²) in [7, 11) is 1.56. The lowest BCUT2D eigenvalue weighted by atomic mass is 10.1. The van der Waals surface area contributed by atoms with Crippen LogP contribution in [-0.2, 0) is 4.79 Å². The molecule has 26 heavy (non-hydrogen) atoms. The molecule has 0 saturated carbocycles. The molecule has 0 spiro atoms. The number of aliphatic imine (C=N–C) groups is 1. The number of hydrogen-bond acceptors (Lipinski definition) is 9. The smallest absolute Gasteiger partial charge is 0.276 e. The van der Waals surface area contributed by atoms with Crippen molar-refractivity contribution >= 4 is 24.2 Å². The maximum atomic E-state index is 11.9. The number of benzene rings is 1. The number of ether oxygens (including phenoxy) is 1. The minimum atomic E-state index is -1.60. The highest BCUT2D eigenvalue weighted by Gasteiger charge is 2.23. The fourth-order valence-electron chi connectivity index (χ4n) is 1.98. The highest BCUT2D eigenvalue weighted by molar-refractivity contribution is 6.13. The minimum Gasteiger partial charge on any atom is -0.497 e. The third-order valence-electron chi connectivity index (χ3n) is 3.44. The Morgan fingerprint density at radius 1 is 1.31 bits per heavy atom. The Kier molecular flexibility index (Phi) is 6.81. The van der Waals surface area contributed by atoms with Crippen molar-refractivity contribution in [3.8, 4) is 5.75 Å². The lowest BCUT2D eigenvalue weighted by Gasteiger charge is -2.17. The van der Waals surface area contributed by atoms with Gasteiger partial charge in [-0.3, -0.25) is 10.1 Å². The largest absolute Gasteiger partial charge is 0.497 e. The van der Waals surface area contributed by atoms with Crippen molar-refractivity contribution in [2.45, 2.75) is 18.3 Å². The highest BCUT2D eigenvalue weighted by atomic mass is 16.5. The highest BCUT2D eigenvalue weighted by Crippen LogP contribution is 2.15. The molecule has 1 aliphatic rings. The van der Waals surface area contributed by atoms with E-state index in [1.807, 2.05) is 0 Å². The average Bonchev–Trinajstić information content (AvgIpc) is 3.00. The van der Waals surface area contributed by atoms with Gasteiger partial charge in [0.1, 0.15) is 29.8 Å². The Morgan fingerprint density at radius 2 is 2.00 bits per heavy atom. The van der Waals surface area contributed by atoms with Crippen LogP contribution in [0.2, 0.25) is 0 Å². The number of nitrogens with zero attached hydrogens (tertiary/aromatic N) is 2. The van der Waals surface area contributed by atoms with Gasteiger partial charge in [0.05, 0.1) is 19.9 Å². The van der Waals surface area contributed by atoms with E-state index in [-0.39, 0.29) is 11.7 Å². The number of rotatable bonds is 7.